The summed E-state index contributed by atoms with van der Waals surface area (Å²) in [7, 11) is 0. The van der Waals surface area contributed by atoms with Gasteiger partial charge in [-0.25, -0.2) is 4.98 Å². The van der Waals surface area contributed by atoms with Gasteiger partial charge in [-0.15, -0.1) is 0 Å². The van der Waals surface area contributed by atoms with Crippen LogP contribution in [0.15, 0.2) is 140 Å². The Morgan fingerprint density at radius 1 is 0.603 bits per heavy atom. The highest BCUT2D eigenvalue weighted by Gasteiger charge is 2.29. The first-order valence-electron chi connectivity index (χ1n) is 30.0. The highest BCUT2D eigenvalue weighted by atomic mass is 16.3. The van der Waals surface area contributed by atoms with E-state index in [9.17, 15) is 5.11 Å². The van der Waals surface area contributed by atoms with Gasteiger partial charge in [0.25, 0.3) is 0 Å². The average Bonchev–Trinajstić information content (AvgIpc) is 3.87. The molecule has 2 aromatic heterocycles. The van der Waals surface area contributed by atoms with Gasteiger partial charge in [-0.05, 0) is 129 Å². The van der Waals surface area contributed by atoms with Gasteiger partial charge in [-0.1, -0.05) is 166 Å². The summed E-state index contributed by atoms with van der Waals surface area (Å²) < 4.78 is 159. The van der Waals surface area contributed by atoms with Gasteiger partial charge < -0.3 is 5.11 Å². The molecule has 0 spiro atoms. The van der Waals surface area contributed by atoms with Crippen LogP contribution in [0.1, 0.15) is 128 Å². The summed E-state index contributed by atoms with van der Waals surface area (Å²) in [4.78, 5) is 9.99. The molecule has 4 heteroatoms. The van der Waals surface area contributed by atoms with Crippen molar-refractivity contribution >= 4 is 11.0 Å². The van der Waals surface area contributed by atoms with Crippen molar-refractivity contribution in [1.29, 1.82) is 0 Å². The number of aromatic nitrogens is 3. The van der Waals surface area contributed by atoms with Crippen LogP contribution < -0.4 is 0 Å². The lowest BCUT2D eigenvalue weighted by Gasteiger charge is -2.27. The number of aromatic hydroxyl groups is 1. The zero-order valence-electron chi connectivity index (χ0n) is 54.4. The molecule has 0 bridgehead atoms. The number of phenolic OH excluding ortho intramolecular Hbond substituents is 1. The van der Waals surface area contributed by atoms with Crippen molar-refractivity contribution in [3.05, 3.63) is 167 Å². The Balaban J connectivity index is 1.58. The second-order valence-corrected chi connectivity index (χ2v) is 18.0. The smallest absolute Gasteiger partial charge is 0.149 e. The fourth-order valence-corrected chi connectivity index (χ4v) is 8.19. The largest absolute Gasteiger partial charge is 0.507 e. The van der Waals surface area contributed by atoms with Crippen LogP contribution in [0.4, 0.5) is 0 Å². The molecule has 320 valence electrons. The molecule has 0 saturated heterocycles. The number of benzene rings is 6. The molecule has 0 atom stereocenters. The molecule has 2 heterocycles. The van der Waals surface area contributed by atoms with Gasteiger partial charge in [0.2, 0.25) is 0 Å². The van der Waals surface area contributed by atoms with Crippen LogP contribution >= 0.6 is 0 Å². The first-order chi connectivity index (χ1) is 37.3. The molecule has 0 radical (unpaired) electrons. The Labute approximate surface area is 401 Å². The van der Waals surface area contributed by atoms with Crippen LogP contribution in [-0.4, -0.2) is 19.6 Å². The van der Waals surface area contributed by atoms with Crippen molar-refractivity contribution < 1.29 is 29.8 Å². The number of phenols is 1. The molecule has 1 N–H and O–H groups in total. The summed E-state index contributed by atoms with van der Waals surface area (Å²) in [6.07, 6.45) is 2.25. The van der Waals surface area contributed by atoms with Crippen LogP contribution in [0.5, 0.6) is 5.75 Å². The van der Waals surface area contributed by atoms with Gasteiger partial charge in [-0.3, -0.25) is 9.55 Å². The van der Waals surface area contributed by atoms with E-state index < -0.39 is 79.8 Å². The standard InChI is InChI=1S/C59H63N3O/c1-37(2)29-42-33-47(25-26-48(42)40-17-14-13-15-18-40)62-53-20-16-19-49(54(53)61-56(62)50-35-46(58(7,8)9)36-51(55(50)63)59(10,11)12)43-30-44(32-45(31-43)57(4,5)6)52-34-41(27-28-60-52)39-23-21-38(3)22-24-39/h13-28,30-37,63H,29H2,1-12H3/i7D3,8D3,9D3,10D3,11D3,12D3. The quantitative estimate of drug-likeness (QED) is 0.166. The van der Waals surface area contributed by atoms with Gasteiger partial charge in [0.15, 0.2) is 0 Å². The Morgan fingerprint density at radius 3 is 2.02 bits per heavy atom. The number of hydrogen-bond acceptors (Lipinski definition) is 3. The van der Waals surface area contributed by atoms with Crippen LogP contribution in [0.2, 0.25) is 0 Å². The summed E-state index contributed by atoms with van der Waals surface area (Å²) >= 11 is 0. The van der Waals surface area contributed by atoms with Gasteiger partial charge in [-0.2, -0.15) is 0 Å². The Kier molecular flexibility index (Phi) is 6.89. The Morgan fingerprint density at radius 2 is 1.32 bits per heavy atom. The summed E-state index contributed by atoms with van der Waals surface area (Å²) in [5, 5.41) is 13.0. The zero-order chi connectivity index (χ0) is 60.0. The first kappa shape index (κ1) is 26.4. The van der Waals surface area contributed by atoms with Crippen molar-refractivity contribution in [3.8, 4) is 67.5 Å². The minimum atomic E-state index is -4.12. The van der Waals surface area contributed by atoms with E-state index in [4.69, 9.17) is 34.6 Å². The summed E-state index contributed by atoms with van der Waals surface area (Å²) in [6.45, 7) is -12.2. The lowest BCUT2D eigenvalue weighted by Crippen LogP contribution is -2.17. The van der Waals surface area contributed by atoms with Crippen molar-refractivity contribution in [2.24, 2.45) is 5.92 Å². The highest BCUT2D eigenvalue weighted by molar-refractivity contribution is 5.97. The van der Waals surface area contributed by atoms with Crippen LogP contribution in [0.25, 0.3) is 72.7 Å². The number of aryl methyl sites for hydroxylation is 1. The molecule has 6 aromatic carbocycles. The van der Waals surface area contributed by atoms with Gasteiger partial charge in [0.05, 0.1) is 22.3 Å². The van der Waals surface area contributed by atoms with Crippen molar-refractivity contribution in [2.75, 3.05) is 0 Å². The van der Waals surface area contributed by atoms with Crippen molar-refractivity contribution in [2.45, 2.75) is 105 Å². The third kappa shape index (κ3) is 8.87. The van der Waals surface area contributed by atoms with E-state index in [1.165, 1.54) is 4.57 Å². The topological polar surface area (TPSA) is 50.9 Å². The predicted octanol–water partition coefficient (Wildman–Crippen LogP) is 15.9. The van der Waals surface area contributed by atoms with Crippen molar-refractivity contribution in [3.63, 3.8) is 0 Å². The fraction of sp³-hybridized carbons (Fsp3) is 0.288. The second-order valence-electron chi connectivity index (χ2n) is 18.0. The van der Waals surface area contributed by atoms with Crippen LogP contribution in [-0.2, 0) is 22.7 Å². The number of hydrogen-bond donors (Lipinski definition) is 1. The molecule has 0 aliphatic rings. The molecule has 8 aromatic rings. The van der Waals surface area contributed by atoms with E-state index in [0.29, 0.717) is 40.5 Å². The minimum absolute atomic E-state index is 0.0912. The second kappa shape index (κ2) is 16.5. The predicted molar refractivity (Wildman–Crippen MR) is 267 cm³/mol. The van der Waals surface area contributed by atoms with Crippen molar-refractivity contribution in [1.82, 2.24) is 14.5 Å². The van der Waals surface area contributed by atoms with Crippen LogP contribution in [0.3, 0.4) is 0 Å². The zero-order valence-corrected chi connectivity index (χ0v) is 36.4. The number of para-hydroxylation sites is 1. The molecular weight excluding hydrogens is 767 g/mol. The number of fused-ring (bicyclic) bond motifs is 1. The van der Waals surface area contributed by atoms with Gasteiger partial charge in [0.1, 0.15) is 11.6 Å². The third-order valence-corrected chi connectivity index (χ3v) is 11.5. The summed E-state index contributed by atoms with van der Waals surface area (Å²) in [5.41, 5.74) is -2.18. The molecule has 8 rings (SSSR count). The highest BCUT2D eigenvalue weighted by Crippen LogP contribution is 2.45. The number of imidazole rings is 1. The fourth-order valence-electron chi connectivity index (χ4n) is 8.19. The van der Waals surface area contributed by atoms with Gasteiger partial charge in [0, 0.05) is 53.2 Å². The van der Waals surface area contributed by atoms with E-state index in [1.807, 2.05) is 118 Å². The molecule has 0 amide bonds. The lowest BCUT2D eigenvalue weighted by molar-refractivity contribution is 0.446. The number of pyridine rings is 1. The van der Waals surface area contributed by atoms with Crippen LogP contribution in [0, 0.1) is 12.8 Å². The first-order valence-corrected chi connectivity index (χ1v) is 21.0. The monoisotopic (exact) mass is 848 g/mol. The Hall–Kier alpha value is -6.26. The Bertz CT molecular complexity index is 3560. The summed E-state index contributed by atoms with van der Waals surface area (Å²) in [5.74, 6) is -1.63. The lowest BCUT2D eigenvalue weighted by atomic mass is 9.79. The van der Waals surface area contributed by atoms with E-state index in [2.05, 4.69) is 20.8 Å². The summed E-state index contributed by atoms with van der Waals surface area (Å²) in [6, 6.07) is 39.3. The molecule has 0 aliphatic heterocycles. The molecule has 63 heavy (non-hydrogen) atoms. The minimum Gasteiger partial charge on any atom is -0.507 e. The molecular formula is C59H63N3O. The van der Waals surface area contributed by atoms with E-state index in [-0.39, 0.29) is 17.3 Å². The number of rotatable bonds is 8. The SMILES string of the molecule is [2H]C([2H])([2H])C(c1cc(-c2nc3c(-c4cc(-c5cc(-c6ccc(C)cc6)ccn5)cc(C(C)(C)C)c4)cccc3n2-c2ccc(-c3ccccc3)c(CC(C)C)c2)c(O)c(C(C([2H])([2H])[2H])(C([2H])([2H])[2H])C([2H])([2H])[2H])c1)(C([2H])([2H])[2H])C([2H])([2H])[2H]. The third-order valence-electron chi connectivity index (χ3n) is 11.5. The van der Waals surface area contributed by atoms with E-state index >= 15 is 0 Å². The maximum Gasteiger partial charge on any atom is 0.149 e. The molecule has 0 unspecified atom stereocenters. The maximum absolute atomic E-state index is 13.0. The average molecular weight is 848 g/mol. The molecule has 4 nitrogen and oxygen atoms in total. The van der Waals surface area contributed by atoms with Gasteiger partial charge >= 0.3 is 0 Å². The molecule has 0 saturated carbocycles. The van der Waals surface area contributed by atoms with E-state index in [1.54, 1.807) is 30.5 Å². The number of nitrogens with zero attached hydrogens (tertiary/aromatic N) is 3. The molecule has 0 fully saturated rings. The van der Waals surface area contributed by atoms with E-state index in [0.717, 1.165) is 50.6 Å². The molecule has 0 aliphatic carbocycles. The normalized spacial score (nSPS) is 17.8. The maximum atomic E-state index is 13.0.